The molecule has 1 atom stereocenters. The van der Waals surface area contributed by atoms with Crippen molar-refractivity contribution in [1.29, 1.82) is 0 Å². The van der Waals surface area contributed by atoms with Gasteiger partial charge in [-0.2, -0.15) is 0 Å². The lowest BCUT2D eigenvalue weighted by molar-refractivity contribution is -0.112. The molecule has 0 radical (unpaired) electrons. The van der Waals surface area contributed by atoms with Gasteiger partial charge in [-0.25, -0.2) is 0 Å². The monoisotopic (exact) mass is 326 g/mol. The van der Waals surface area contributed by atoms with Crippen molar-refractivity contribution in [2.24, 2.45) is 0 Å². The molecule has 3 rings (SSSR count). The van der Waals surface area contributed by atoms with Gasteiger partial charge < -0.3 is 4.79 Å². The smallest absolute Gasteiger partial charge is 0.130 e. The van der Waals surface area contributed by atoms with E-state index in [-0.39, 0.29) is 0 Å². The summed E-state index contributed by atoms with van der Waals surface area (Å²) in [5, 5.41) is 0. The highest BCUT2D eigenvalue weighted by molar-refractivity contribution is 5.71. The van der Waals surface area contributed by atoms with Crippen molar-refractivity contribution in [2.45, 2.75) is 18.8 Å². The molecule has 0 aliphatic heterocycles. The third-order valence-electron chi connectivity index (χ3n) is 4.56. The van der Waals surface area contributed by atoms with Gasteiger partial charge in [-0.15, -0.1) is 0 Å². The highest BCUT2D eigenvalue weighted by atomic mass is 16.1. The van der Waals surface area contributed by atoms with Crippen molar-refractivity contribution in [3.63, 3.8) is 0 Å². The molecule has 0 aromatic heterocycles. The van der Waals surface area contributed by atoms with Crippen molar-refractivity contribution >= 4 is 12.4 Å². The standard InChI is InChI=1S/C24H22O/c1-24(19-25,18-8-11-20-9-4-2-5-10-20)23-16-14-22(15-17-23)21-12-6-3-7-13-21/h2-17,19H,18H2,1H3/b11-8-. The second-order valence-electron chi connectivity index (χ2n) is 6.50. The Balaban J connectivity index is 1.77. The average molecular weight is 326 g/mol. The Morgan fingerprint density at radius 3 is 1.92 bits per heavy atom. The number of hydrogen-bond donors (Lipinski definition) is 0. The summed E-state index contributed by atoms with van der Waals surface area (Å²) in [6.07, 6.45) is 5.88. The molecule has 0 heterocycles. The molecule has 0 saturated carbocycles. The van der Waals surface area contributed by atoms with Crippen molar-refractivity contribution in [3.05, 3.63) is 102 Å². The van der Waals surface area contributed by atoms with E-state index in [1.54, 1.807) is 0 Å². The van der Waals surface area contributed by atoms with E-state index in [2.05, 4.69) is 60.7 Å². The second-order valence-corrected chi connectivity index (χ2v) is 6.50. The van der Waals surface area contributed by atoms with Crippen LogP contribution < -0.4 is 0 Å². The molecule has 0 bridgehead atoms. The Kier molecular flexibility index (Phi) is 5.25. The maximum absolute atomic E-state index is 11.8. The average Bonchev–Trinajstić information content (AvgIpc) is 2.69. The third-order valence-corrected chi connectivity index (χ3v) is 4.56. The van der Waals surface area contributed by atoms with Crippen LogP contribution in [0.3, 0.4) is 0 Å². The van der Waals surface area contributed by atoms with Crippen molar-refractivity contribution in [3.8, 4) is 11.1 Å². The van der Waals surface area contributed by atoms with Crippen molar-refractivity contribution in [2.75, 3.05) is 0 Å². The summed E-state index contributed by atoms with van der Waals surface area (Å²) in [5.41, 5.74) is 4.03. The van der Waals surface area contributed by atoms with Crippen LogP contribution in [-0.4, -0.2) is 6.29 Å². The fourth-order valence-corrected chi connectivity index (χ4v) is 2.91. The summed E-state index contributed by atoms with van der Waals surface area (Å²) >= 11 is 0. The summed E-state index contributed by atoms with van der Waals surface area (Å²) < 4.78 is 0. The van der Waals surface area contributed by atoms with E-state index >= 15 is 0 Å². The normalized spacial score (nSPS) is 13.5. The van der Waals surface area contributed by atoms with Gasteiger partial charge in [0.05, 0.1) is 5.41 Å². The lowest BCUT2D eigenvalue weighted by Gasteiger charge is -2.22. The zero-order valence-electron chi connectivity index (χ0n) is 14.4. The molecule has 0 aliphatic carbocycles. The first-order valence-corrected chi connectivity index (χ1v) is 8.55. The van der Waals surface area contributed by atoms with Gasteiger partial charge >= 0.3 is 0 Å². The summed E-state index contributed by atoms with van der Waals surface area (Å²) in [4.78, 5) is 11.8. The molecule has 0 saturated heterocycles. The minimum absolute atomic E-state index is 0.513. The number of carbonyl (C=O) groups is 1. The molecule has 1 unspecified atom stereocenters. The molecule has 1 nitrogen and oxygen atoms in total. The molecule has 0 spiro atoms. The SMILES string of the molecule is CC(C=O)(C/C=C\c1ccccc1)c1ccc(-c2ccccc2)cc1. The summed E-state index contributed by atoms with van der Waals surface area (Å²) in [6.45, 7) is 1.99. The van der Waals surface area contributed by atoms with Crippen LogP contribution in [0.4, 0.5) is 0 Å². The van der Waals surface area contributed by atoms with Crippen molar-refractivity contribution < 1.29 is 4.79 Å². The van der Waals surface area contributed by atoms with Crippen LogP contribution in [0.5, 0.6) is 0 Å². The maximum Gasteiger partial charge on any atom is 0.130 e. The van der Waals surface area contributed by atoms with Gasteiger partial charge in [-0.05, 0) is 35.6 Å². The molecule has 0 fully saturated rings. The number of carbonyl (C=O) groups excluding carboxylic acids is 1. The number of rotatable bonds is 6. The summed E-state index contributed by atoms with van der Waals surface area (Å²) in [7, 11) is 0. The Hall–Kier alpha value is -2.93. The van der Waals surface area contributed by atoms with E-state index in [4.69, 9.17) is 0 Å². The largest absolute Gasteiger partial charge is 0.302 e. The number of aldehydes is 1. The first-order valence-electron chi connectivity index (χ1n) is 8.55. The van der Waals surface area contributed by atoms with Gasteiger partial charge in [0.1, 0.15) is 6.29 Å². The minimum atomic E-state index is -0.513. The van der Waals surface area contributed by atoms with E-state index in [1.165, 1.54) is 5.56 Å². The van der Waals surface area contributed by atoms with Gasteiger partial charge in [-0.1, -0.05) is 97.1 Å². The predicted octanol–water partition coefficient (Wildman–Crippen LogP) is 5.91. The molecular formula is C24H22O. The quantitative estimate of drug-likeness (QED) is 0.514. The van der Waals surface area contributed by atoms with Gasteiger partial charge in [0, 0.05) is 0 Å². The zero-order chi connectivity index (χ0) is 17.5. The molecule has 0 amide bonds. The van der Waals surface area contributed by atoms with Gasteiger partial charge in [-0.3, -0.25) is 0 Å². The first-order chi connectivity index (χ1) is 12.2. The Labute approximate surface area is 149 Å². The van der Waals surface area contributed by atoms with E-state index in [0.29, 0.717) is 6.42 Å². The zero-order valence-corrected chi connectivity index (χ0v) is 14.4. The van der Waals surface area contributed by atoms with Gasteiger partial charge in [0.2, 0.25) is 0 Å². The summed E-state index contributed by atoms with van der Waals surface area (Å²) in [5.74, 6) is 0. The highest BCUT2D eigenvalue weighted by Crippen LogP contribution is 2.29. The molecule has 3 aromatic rings. The van der Waals surface area contributed by atoms with Crippen LogP contribution in [-0.2, 0) is 10.2 Å². The van der Waals surface area contributed by atoms with Gasteiger partial charge in [0.25, 0.3) is 0 Å². The minimum Gasteiger partial charge on any atom is -0.302 e. The first kappa shape index (κ1) is 16.9. The van der Waals surface area contributed by atoms with Crippen LogP contribution in [0.15, 0.2) is 91.0 Å². The molecular weight excluding hydrogens is 304 g/mol. The molecule has 124 valence electrons. The molecule has 0 N–H and O–H groups in total. The Bertz CT molecular complexity index is 832. The fourth-order valence-electron chi connectivity index (χ4n) is 2.91. The number of hydrogen-bond acceptors (Lipinski definition) is 1. The van der Waals surface area contributed by atoms with E-state index in [9.17, 15) is 4.79 Å². The Morgan fingerprint density at radius 2 is 1.32 bits per heavy atom. The van der Waals surface area contributed by atoms with Crippen LogP contribution in [0.2, 0.25) is 0 Å². The molecule has 0 aliphatic rings. The molecule has 25 heavy (non-hydrogen) atoms. The predicted molar refractivity (Wildman–Crippen MR) is 105 cm³/mol. The third kappa shape index (κ3) is 4.13. The van der Waals surface area contributed by atoms with E-state index < -0.39 is 5.41 Å². The second kappa shape index (κ2) is 7.76. The molecule has 1 heteroatoms. The van der Waals surface area contributed by atoms with Crippen LogP contribution in [0.1, 0.15) is 24.5 Å². The number of benzene rings is 3. The van der Waals surface area contributed by atoms with Gasteiger partial charge in [0.15, 0.2) is 0 Å². The Morgan fingerprint density at radius 1 is 0.760 bits per heavy atom. The topological polar surface area (TPSA) is 17.1 Å². The lowest BCUT2D eigenvalue weighted by Crippen LogP contribution is -2.22. The van der Waals surface area contributed by atoms with E-state index in [0.717, 1.165) is 23.0 Å². The number of allylic oxidation sites excluding steroid dienone is 1. The lowest BCUT2D eigenvalue weighted by atomic mass is 9.80. The van der Waals surface area contributed by atoms with E-state index in [1.807, 2.05) is 43.3 Å². The highest BCUT2D eigenvalue weighted by Gasteiger charge is 2.24. The maximum atomic E-state index is 11.8. The van der Waals surface area contributed by atoms with Crippen LogP contribution in [0.25, 0.3) is 17.2 Å². The fraction of sp³-hybridized carbons (Fsp3) is 0.125. The summed E-state index contributed by atoms with van der Waals surface area (Å²) in [6, 6.07) is 28.7. The molecule has 3 aromatic carbocycles. The van der Waals surface area contributed by atoms with Crippen molar-refractivity contribution in [1.82, 2.24) is 0 Å². The van der Waals surface area contributed by atoms with Crippen LogP contribution >= 0.6 is 0 Å². The van der Waals surface area contributed by atoms with Crippen LogP contribution in [0, 0.1) is 0 Å².